The molecule has 2 nitrogen and oxygen atoms in total. The number of aryl methyl sites for hydroxylation is 2. The molecule has 0 spiro atoms. The van der Waals surface area contributed by atoms with Crippen LogP contribution in [0.5, 0.6) is 0 Å². The minimum atomic E-state index is -2.77. The Bertz CT molecular complexity index is 3220. The Kier molecular flexibility index (Phi) is 10.6. The van der Waals surface area contributed by atoms with Gasteiger partial charge in [-0.2, -0.15) is 0 Å². The first kappa shape index (κ1) is 43.4. The van der Waals surface area contributed by atoms with Gasteiger partial charge in [0.1, 0.15) is 0 Å². The zero-order valence-electron chi connectivity index (χ0n) is 40.7. The van der Waals surface area contributed by atoms with E-state index < -0.39 is 8.07 Å². The second kappa shape index (κ2) is 16.6. The fourth-order valence-electron chi connectivity index (χ4n) is 11.3. The van der Waals surface area contributed by atoms with Crippen molar-refractivity contribution < 1.29 is 0 Å². The second-order valence-corrected chi connectivity index (χ2v) is 24.9. The molecule has 4 heteroatoms. The van der Waals surface area contributed by atoms with Gasteiger partial charge in [-0.15, -0.1) is 0 Å². The fourth-order valence-corrected chi connectivity index (χ4v) is 16.1. The molecule has 0 saturated carbocycles. The van der Waals surface area contributed by atoms with Crippen LogP contribution in [-0.2, 0) is 10.8 Å². The van der Waals surface area contributed by atoms with Crippen molar-refractivity contribution in [3.63, 3.8) is 0 Å². The average Bonchev–Trinajstić information content (AvgIpc) is 3.35. The predicted molar refractivity (Wildman–Crippen MR) is 296 cm³/mol. The smallest absolute Gasteiger partial charge is 0.252 e. The summed E-state index contributed by atoms with van der Waals surface area (Å²) in [6.45, 7) is 18.5. The van der Waals surface area contributed by atoms with Gasteiger partial charge in [0, 0.05) is 34.1 Å². The maximum atomic E-state index is 2.60. The molecule has 0 bridgehead atoms. The highest BCUT2D eigenvalue weighted by Gasteiger charge is 2.45. The third-order valence-corrected chi connectivity index (χ3v) is 19.4. The van der Waals surface area contributed by atoms with Crippen LogP contribution in [0.4, 0.5) is 34.1 Å². The van der Waals surface area contributed by atoms with Crippen LogP contribution in [0.3, 0.4) is 0 Å². The largest absolute Gasteiger partial charge is 0.311 e. The molecule has 0 amide bonds. The summed E-state index contributed by atoms with van der Waals surface area (Å²) in [5.41, 5.74) is 18.9. The first-order chi connectivity index (χ1) is 32.8. The van der Waals surface area contributed by atoms with Gasteiger partial charge in [0.25, 0.3) is 6.71 Å². The maximum Gasteiger partial charge on any atom is 0.252 e. The molecule has 0 aliphatic carbocycles. The topological polar surface area (TPSA) is 6.48 Å². The summed E-state index contributed by atoms with van der Waals surface area (Å²) >= 11 is 0. The maximum absolute atomic E-state index is 2.77. The Balaban J connectivity index is 1.19. The number of benzene rings is 9. The zero-order valence-corrected chi connectivity index (χ0v) is 41.7. The van der Waals surface area contributed by atoms with Crippen molar-refractivity contribution in [1.82, 2.24) is 0 Å². The van der Waals surface area contributed by atoms with Crippen LogP contribution < -0.4 is 46.9 Å². The lowest BCUT2D eigenvalue weighted by atomic mass is 9.33. The van der Waals surface area contributed by atoms with Crippen LogP contribution in [0, 0.1) is 13.8 Å². The highest BCUT2D eigenvalue weighted by molar-refractivity contribution is 7.20. The van der Waals surface area contributed by atoms with E-state index in [0.29, 0.717) is 0 Å². The molecule has 0 atom stereocenters. The third kappa shape index (κ3) is 7.16. The van der Waals surface area contributed by atoms with Gasteiger partial charge in [0.05, 0.1) is 0 Å². The van der Waals surface area contributed by atoms with Crippen LogP contribution in [0.1, 0.15) is 63.8 Å². The van der Waals surface area contributed by atoms with Crippen LogP contribution in [0.25, 0.3) is 11.1 Å². The zero-order chi connectivity index (χ0) is 47.0. The number of fused-ring (bicyclic) bond motifs is 4. The van der Waals surface area contributed by atoms with Gasteiger partial charge in [-0.3, -0.25) is 0 Å². The Labute approximate surface area is 405 Å². The van der Waals surface area contributed by atoms with Gasteiger partial charge in [-0.25, -0.2) is 0 Å². The van der Waals surface area contributed by atoms with Gasteiger partial charge >= 0.3 is 0 Å². The highest BCUT2D eigenvalue weighted by Crippen LogP contribution is 2.46. The van der Waals surface area contributed by atoms with Crippen molar-refractivity contribution in [2.75, 3.05) is 9.80 Å². The van der Waals surface area contributed by atoms with E-state index in [9.17, 15) is 0 Å². The van der Waals surface area contributed by atoms with E-state index in [4.69, 9.17) is 0 Å². The van der Waals surface area contributed by atoms with E-state index in [1.165, 1.54) is 105 Å². The molecule has 0 unspecified atom stereocenters. The Morgan fingerprint density at radius 1 is 0.368 bits per heavy atom. The molecule has 0 fully saturated rings. The van der Waals surface area contributed by atoms with Gasteiger partial charge < -0.3 is 9.80 Å². The monoisotopic (exact) mass is 894 g/mol. The van der Waals surface area contributed by atoms with E-state index in [-0.39, 0.29) is 17.5 Å². The fraction of sp³-hybridized carbons (Fsp3) is 0.156. The summed E-state index contributed by atoms with van der Waals surface area (Å²) in [6, 6.07) is 80.9. The molecule has 11 rings (SSSR count). The molecule has 2 aliphatic heterocycles. The van der Waals surface area contributed by atoms with Gasteiger partial charge in [-0.05, 0) is 138 Å². The predicted octanol–water partition coefficient (Wildman–Crippen LogP) is 12.0. The van der Waals surface area contributed by atoms with E-state index in [1.54, 1.807) is 0 Å². The van der Waals surface area contributed by atoms with Crippen molar-refractivity contribution in [2.24, 2.45) is 0 Å². The average molecular weight is 895 g/mol. The molecule has 9 aromatic carbocycles. The van der Waals surface area contributed by atoms with E-state index >= 15 is 0 Å². The van der Waals surface area contributed by atoms with E-state index in [1.807, 2.05) is 0 Å². The van der Waals surface area contributed by atoms with Gasteiger partial charge in [0.15, 0.2) is 8.07 Å². The molecule has 0 saturated heterocycles. The number of anilines is 6. The van der Waals surface area contributed by atoms with Crippen LogP contribution >= 0.6 is 0 Å². The summed E-state index contributed by atoms with van der Waals surface area (Å²) in [7, 11) is -2.77. The molecular formula is C64H59BN2Si. The summed E-state index contributed by atoms with van der Waals surface area (Å²) in [6.07, 6.45) is 0. The molecular weight excluding hydrogens is 836 g/mol. The summed E-state index contributed by atoms with van der Waals surface area (Å²) in [5, 5.41) is 5.50. The van der Waals surface area contributed by atoms with E-state index in [0.717, 1.165) is 0 Å². The third-order valence-electron chi connectivity index (χ3n) is 14.7. The van der Waals surface area contributed by atoms with Crippen molar-refractivity contribution >= 4 is 86.0 Å². The Hall–Kier alpha value is -7.14. The van der Waals surface area contributed by atoms with Crippen molar-refractivity contribution in [1.29, 1.82) is 0 Å². The molecule has 2 heterocycles. The first-order valence-corrected chi connectivity index (χ1v) is 26.3. The van der Waals surface area contributed by atoms with Crippen molar-refractivity contribution in [2.45, 2.75) is 66.2 Å². The number of rotatable bonds is 7. The molecule has 68 heavy (non-hydrogen) atoms. The number of hydrogen-bond acceptors (Lipinski definition) is 2. The summed E-state index contributed by atoms with van der Waals surface area (Å²) in [4.78, 5) is 5.15. The Morgan fingerprint density at radius 3 is 1.38 bits per heavy atom. The summed E-state index contributed by atoms with van der Waals surface area (Å²) in [5.74, 6) is 0. The van der Waals surface area contributed by atoms with Crippen LogP contribution in [-0.4, -0.2) is 14.8 Å². The van der Waals surface area contributed by atoms with Gasteiger partial charge in [0.2, 0.25) is 0 Å². The highest BCUT2D eigenvalue weighted by atomic mass is 28.3. The van der Waals surface area contributed by atoms with E-state index in [2.05, 4.69) is 278 Å². The lowest BCUT2D eigenvalue weighted by Crippen LogP contribution is -2.74. The van der Waals surface area contributed by atoms with Crippen molar-refractivity contribution in [3.05, 3.63) is 235 Å². The minimum Gasteiger partial charge on any atom is -0.311 e. The SMILES string of the molecule is Cc1cc2c3c(c1)N(c1ccc([Si](c4ccccc4)(c4ccccc4)c4ccccc4)cc1C)c1ccc(-c4ccccc4)cc1B3c1cc(C(C)(C)C)ccc1N2c1ccc(C(C)(C)C)cc1. The standard InChI is InChI=1S/C64H59BN2Si/c1-44-39-60-62-61(40-44)67(57-38-35-54(41-45(57)2)68(51-23-15-10-16-24-51,52-25-17-11-18-26-52)53-27-19-12-20-28-53)59-36-29-47(46-21-13-9-14-22-46)42-55(59)65(62)56-43-49(64(6,7)8)32-37-58(56)66(60)50-33-30-48(31-34-50)63(3,4)5/h9-43H,1-8H3. The normalized spacial score (nSPS) is 13.2. The molecule has 332 valence electrons. The van der Waals surface area contributed by atoms with Gasteiger partial charge in [-0.1, -0.05) is 211 Å². The van der Waals surface area contributed by atoms with Crippen LogP contribution in [0.15, 0.2) is 212 Å². The van der Waals surface area contributed by atoms with Crippen LogP contribution in [0.2, 0.25) is 0 Å². The Morgan fingerprint density at radius 2 is 0.838 bits per heavy atom. The number of nitrogens with zero attached hydrogens (tertiary/aromatic N) is 2. The lowest BCUT2D eigenvalue weighted by molar-refractivity contribution is 0.590. The molecule has 2 aliphatic rings. The molecule has 0 radical (unpaired) electrons. The molecule has 0 aromatic heterocycles. The van der Waals surface area contributed by atoms with Crippen molar-refractivity contribution in [3.8, 4) is 11.1 Å². The molecule has 9 aromatic rings. The molecule has 0 N–H and O–H groups in total. The lowest BCUT2D eigenvalue weighted by Gasteiger charge is -2.45. The number of hydrogen-bond donors (Lipinski definition) is 0. The second-order valence-electron chi connectivity index (χ2n) is 21.1. The quantitative estimate of drug-likeness (QED) is 0.116. The first-order valence-electron chi connectivity index (χ1n) is 24.3. The summed E-state index contributed by atoms with van der Waals surface area (Å²) < 4.78 is 0. The minimum absolute atomic E-state index is 0.00629.